The number of aryl methyl sites for hydroxylation is 1. The van der Waals surface area contributed by atoms with Crippen LogP contribution in [-0.4, -0.2) is 10.5 Å². The number of nitrogens with zero attached hydrogens (tertiary/aromatic N) is 2. The van der Waals surface area contributed by atoms with Crippen LogP contribution in [0.2, 0.25) is 0 Å². The highest BCUT2D eigenvalue weighted by atomic mass is 32.1. The standard InChI is InChI=1S/C9H15N3OS/c1-5-12-6(2)7(3)14-9(12)11-10-8(4)13/h5H2,1-4H3,(H,10,13). The van der Waals surface area contributed by atoms with Gasteiger partial charge in [-0.15, -0.1) is 16.4 Å². The predicted molar refractivity (Wildman–Crippen MR) is 56.8 cm³/mol. The van der Waals surface area contributed by atoms with Crippen molar-refractivity contribution in [3.63, 3.8) is 0 Å². The first-order chi connectivity index (χ1) is 6.56. The van der Waals surface area contributed by atoms with Crippen LogP contribution in [0.25, 0.3) is 0 Å². The summed E-state index contributed by atoms with van der Waals surface area (Å²) in [5.41, 5.74) is 3.66. The van der Waals surface area contributed by atoms with Gasteiger partial charge in [-0.3, -0.25) is 4.79 Å². The Bertz CT molecular complexity index is 403. The molecule has 0 radical (unpaired) electrons. The molecule has 0 saturated heterocycles. The number of aromatic nitrogens is 1. The van der Waals surface area contributed by atoms with Crippen LogP contribution in [0.3, 0.4) is 0 Å². The number of nitrogens with one attached hydrogen (secondary N) is 1. The van der Waals surface area contributed by atoms with Crippen molar-refractivity contribution < 1.29 is 4.79 Å². The molecule has 1 aromatic heterocycles. The number of rotatable bonds is 2. The van der Waals surface area contributed by atoms with Crippen LogP contribution in [0.5, 0.6) is 0 Å². The van der Waals surface area contributed by atoms with Crippen LogP contribution < -0.4 is 10.2 Å². The Balaban J connectivity index is 3.14. The smallest absolute Gasteiger partial charge is 0.237 e. The molecule has 78 valence electrons. The zero-order chi connectivity index (χ0) is 10.7. The van der Waals surface area contributed by atoms with Gasteiger partial charge in [0.2, 0.25) is 10.7 Å². The van der Waals surface area contributed by atoms with Gasteiger partial charge in [0, 0.05) is 24.0 Å². The zero-order valence-corrected chi connectivity index (χ0v) is 9.73. The van der Waals surface area contributed by atoms with Gasteiger partial charge in [-0.2, -0.15) is 0 Å². The van der Waals surface area contributed by atoms with Gasteiger partial charge in [0.1, 0.15) is 0 Å². The second-order valence-corrected chi connectivity index (χ2v) is 4.23. The molecule has 0 aliphatic heterocycles. The first kappa shape index (κ1) is 11.0. The molecule has 0 atom stereocenters. The van der Waals surface area contributed by atoms with Crippen LogP contribution in [0, 0.1) is 13.8 Å². The van der Waals surface area contributed by atoms with Crippen molar-refractivity contribution in [1.82, 2.24) is 9.99 Å². The summed E-state index contributed by atoms with van der Waals surface area (Å²) in [6.45, 7) is 8.49. The third-order valence-electron chi connectivity index (χ3n) is 2.01. The van der Waals surface area contributed by atoms with Crippen molar-refractivity contribution in [3.8, 4) is 0 Å². The van der Waals surface area contributed by atoms with Gasteiger partial charge in [-0.05, 0) is 20.8 Å². The Morgan fingerprint density at radius 2 is 2.21 bits per heavy atom. The molecule has 1 amide bonds. The fourth-order valence-corrected chi connectivity index (χ4v) is 2.18. The molecule has 1 heterocycles. The highest BCUT2D eigenvalue weighted by Crippen LogP contribution is 2.08. The molecule has 0 aliphatic carbocycles. The molecule has 1 N–H and O–H groups in total. The van der Waals surface area contributed by atoms with Crippen LogP contribution in [0.15, 0.2) is 5.10 Å². The maximum absolute atomic E-state index is 10.7. The van der Waals surface area contributed by atoms with Gasteiger partial charge in [-0.1, -0.05) is 0 Å². The lowest BCUT2D eigenvalue weighted by Gasteiger charge is -2.00. The number of carbonyl (C=O) groups excluding carboxylic acids is 1. The highest BCUT2D eigenvalue weighted by Gasteiger charge is 2.03. The molecule has 1 rings (SSSR count). The summed E-state index contributed by atoms with van der Waals surface area (Å²) >= 11 is 1.59. The third-order valence-corrected chi connectivity index (χ3v) is 3.11. The van der Waals surface area contributed by atoms with Gasteiger partial charge in [-0.25, -0.2) is 5.43 Å². The molecule has 4 nitrogen and oxygen atoms in total. The fraction of sp³-hybridized carbons (Fsp3) is 0.556. The largest absolute Gasteiger partial charge is 0.320 e. The Hall–Kier alpha value is -1.10. The summed E-state index contributed by atoms with van der Waals surface area (Å²) in [6, 6.07) is 0. The lowest BCUT2D eigenvalue weighted by molar-refractivity contribution is -0.119. The second kappa shape index (κ2) is 4.41. The van der Waals surface area contributed by atoms with Crippen molar-refractivity contribution in [2.45, 2.75) is 34.2 Å². The molecule has 1 aromatic rings. The Kier molecular flexibility index (Phi) is 3.46. The van der Waals surface area contributed by atoms with Crippen molar-refractivity contribution in [2.24, 2.45) is 5.10 Å². The quantitative estimate of drug-likeness (QED) is 0.736. The summed E-state index contributed by atoms with van der Waals surface area (Å²) in [7, 11) is 0. The van der Waals surface area contributed by atoms with E-state index in [0.29, 0.717) is 0 Å². The van der Waals surface area contributed by atoms with E-state index in [1.54, 1.807) is 11.3 Å². The van der Waals surface area contributed by atoms with E-state index >= 15 is 0 Å². The lowest BCUT2D eigenvalue weighted by atomic mass is 10.4. The molecular formula is C9H15N3OS. The van der Waals surface area contributed by atoms with Crippen molar-refractivity contribution in [3.05, 3.63) is 15.4 Å². The fourth-order valence-electron chi connectivity index (χ4n) is 1.18. The van der Waals surface area contributed by atoms with Crippen LogP contribution in [0.4, 0.5) is 0 Å². The normalized spacial score (nSPS) is 11.9. The molecule has 0 aliphatic rings. The monoisotopic (exact) mass is 213 g/mol. The number of thiazole rings is 1. The number of amides is 1. The van der Waals surface area contributed by atoms with Gasteiger partial charge >= 0.3 is 0 Å². The SMILES string of the molecule is CCn1c(C)c(C)sc1=NNC(C)=O. The maximum Gasteiger partial charge on any atom is 0.237 e. The first-order valence-electron chi connectivity index (χ1n) is 4.53. The zero-order valence-electron chi connectivity index (χ0n) is 8.92. The Labute approximate surface area is 87.3 Å². The molecule has 0 spiro atoms. The first-order valence-corrected chi connectivity index (χ1v) is 5.35. The van der Waals surface area contributed by atoms with E-state index in [2.05, 4.69) is 35.9 Å². The highest BCUT2D eigenvalue weighted by molar-refractivity contribution is 7.09. The van der Waals surface area contributed by atoms with Gasteiger partial charge in [0.15, 0.2) is 0 Å². The Morgan fingerprint density at radius 1 is 1.57 bits per heavy atom. The van der Waals surface area contributed by atoms with E-state index in [1.807, 2.05) is 0 Å². The minimum absolute atomic E-state index is 0.142. The van der Waals surface area contributed by atoms with Crippen LogP contribution >= 0.6 is 11.3 Å². The summed E-state index contributed by atoms with van der Waals surface area (Å²) in [6.07, 6.45) is 0. The van der Waals surface area contributed by atoms with Crippen molar-refractivity contribution in [2.75, 3.05) is 0 Å². The summed E-state index contributed by atoms with van der Waals surface area (Å²) in [5.74, 6) is -0.142. The van der Waals surface area contributed by atoms with Gasteiger partial charge in [0.25, 0.3) is 0 Å². The molecule has 0 bridgehead atoms. The average molecular weight is 213 g/mol. The second-order valence-electron chi connectivity index (χ2n) is 3.05. The summed E-state index contributed by atoms with van der Waals surface area (Å²) < 4.78 is 2.08. The van der Waals surface area contributed by atoms with Gasteiger partial charge < -0.3 is 4.57 Å². The van der Waals surface area contributed by atoms with Crippen LogP contribution in [0.1, 0.15) is 24.4 Å². The van der Waals surface area contributed by atoms with E-state index in [0.717, 1.165) is 11.3 Å². The molecule has 0 aromatic carbocycles. The van der Waals surface area contributed by atoms with Gasteiger partial charge in [0.05, 0.1) is 0 Å². The average Bonchev–Trinajstić information content (AvgIpc) is 2.39. The third kappa shape index (κ3) is 2.23. The molecule has 0 fully saturated rings. The number of hydrogen-bond donors (Lipinski definition) is 1. The minimum atomic E-state index is -0.142. The minimum Gasteiger partial charge on any atom is -0.320 e. The van der Waals surface area contributed by atoms with E-state index in [-0.39, 0.29) is 5.91 Å². The molecule has 0 saturated carbocycles. The molecule has 14 heavy (non-hydrogen) atoms. The molecule has 0 unspecified atom stereocenters. The summed E-state index contributed by atoms with van der Waals surface area (Å²) in [5, 5.41) is 4.04. The number of carbonyl (C=O) groups is 1. The van der Waals surface area contributed by atoms with E-state index in [4.69, 9.17) is 0 Å². The maximum atomic E-state index is 10.7. The summed E-state index contributed by atoms with van der Waals surface area (Å²) in [4.78, 5) is 12.8. The van der Waals surface area contributed by atoms with Crippen LogP contribution in [-0.2, 0) is 11.3 Å². The Morgan fingerprint density at radius 3 is 2.71 bits per heavy atom. The van der Waals surface area contributed by atoms with E-state index in [9.17, 15) is 4.79 Å². The lowest BCUT2D eigenvalue weighted by Crippen LogP contribution is -2.22. The van der Waals surface area contributed by atoms with Crippen molar-refractivity contribution in [1.29, 1.82) is 0 Å². The molecule has 5 heteroatoms. The van der Waals surface area contributed by atoms with Crippen molar-refractivity contribution >= 4 is 17.2 Å². The van der Waals surface area contributed by atoms with E-state index in [1.165, 1.54) is 17.5 Å². The predicted octanol–water partition coefficient (Wildman–Crippen LogP) is 1.14. The topological polar surface area (TPSA) is 46.4 Å². The number of hydrogen-bond acceptors (Lipinski definition) is 3. The molecular weight excluding hydrogens is 198 g/mol. The van der Waals surface area contributed by atoms with E-state index < -0.39 is 0 Å².